The summed E-state index contributed by atoms with van der Waals surface area (Å²) in [5, 5.41) is 2.68. The molecule has 13 nitrogen and oxygen atoms in total. The summed E-state index contributed by atoms with van der Waals surface area (Å²) in [7, 11) is 0. The fourth-order valence-electron chi connectivity index (χ4n) is 7.14. The first-order valence-electron chi connectivity index (χ1n) is 21.5. The van der Waals surface area contributed by atoms with Crippen LogP contribution in [0.1, 0.15) is 134 Å². The van der Waals surface area contributed by atoms with E-state index in [2.05, 4.69) is 22.1 Å². The molecule has 63 heavy (non-hydrogen) atoms. The molecule has 1 atom stereocenters. The lowest BCUT2D eigenvalue weighted by atomic mass is 10.1. The molecule has 356 valence electrons. The Hall–Kier alpha value is -4.20. The summed E-state index contributed by atoms with van der Waals surface area (Å²) < 4.78 is 16.4. The van der Waals surface area contributed by atoms with Gasteiger partial charge in [0.15, 0.2) is 17.5 Å². The fraction of sp³-hybridized carbons (Fsp3) is 0.625. The van der Waals surface area contributed by atoms with Crippen molar-refractivity contribution in [3.8, 4) is 11.5 Å². The Balaban J connectivity index is 0.000000899. The largest absolute Gasteiger partial charge is 0.494 e. The maximum absolute atomic E-state index is 12.3. The van der Waals surface area contributed by atoms with Crippen molar-refractivity contribution in [1.82, 2.24) is 20.0 Å². The number of ether oxygens (including phenoxy) is 3. The normalized spacial score (nSPS) is 17.3. The summed E-state index contributed by atoms with van der Waals surface area (Å²) in [5.41, 5.74) is 1.24. The van der Waals surface area contributed by atoms with Gasteiger partial charge < -0.3 is 34.2 Å². The first kappa shape index (κ1) is 58.8. The van der Waals surface area contributed by atoms with Gasteiger partial charge in [0.25, 0.3) is 0 Å². The highest BCUT2D eigenvalue weighted by Gasteiger charge is 2.24. The van der Waals surface area contributed by atoms with E-state index in [1.165, 1.54) is 25.8 Å². The summed E-state index contributed by atoms with van der Waals surface area (Å²) in [5.74, 6) is 3.35. The molecule has 15 heteroatoms. The summed E-state index contributed by atoms with van der Waals surface area (Å²) in [6.45, 7) is 12.2. The number of benzene rings is 2. The van der Waals surface area contributed by atoms with Crippen LogP contribution < -0.4 is 14.8 Å². The minimum atomic E-state index is -0.0347. The monoisotopic (exact) mass is 922 g/mol. The Morgan fingerprint density at radius 3 is 1.62 bits per heavy atom. The van der Waals surface area contributed by atoms with Crippen LogP contribution in [0.2, 0.25) is 0 Å². The molecular formula is C48H77Cl2N5O8. The van der Waals surface area contributed by atoms with E-state index in [0.717, 1.165) is 88.6 Å². The van der Waals surface area contributed by atoms with Crippen molar-refractivity contribution in [3.63, 3.8) is 0 Å². The molecule has 0 spiro atoms. The van der Waals surface area contributed by atoms with E-state index in [1.54, 1.807) is 46.2 Å². The molecule has 0 aromatic heterocycles. The van der Waals surface area contributed by atoms with Crippen LogP contribution in [0.3, 0.4) is 0 Å². The third-order valence-corrected chi connectivity index (χ3v) is 10.8. The second-order valence-corrected chi connectivity index (χ2v) is 15.5. The van der Waals surface area contributed by atoms with Crippen molar-refractivity contribution in [2.24, 2.45) is 4.99 Å². The van der Waals surface area contributed by atoms with E-state index in [-0.39, 0.29) is 77.1 Å². The van der Waals surface area contributed by atoms with Crippen LogP contribution in [0.4, 0.5) is 0 Å². The summed E-state index contributed by atoms with van der Waals surface area (Å²) in [6, 6.07) is 15.0. The lowest BCUT2D eigenvalue weighted by Crippen LogP contribution is -2.30. The zero-order valence-electron chi connectivity index (χ0n) is 35.5. The quantitative estimate of drug-likeness (QED) is 0.0993. The topological polar surface area (TPSA) is 147 Å². The molecule has 4 fully saturated rings. The van der Waals surface area contributed by atoms with Crippen LogP contribution in [0.15, 0.2) is 53.5 Å². The van der Waals surface area contributed by atoms with Gasteiger partial charge in [-0.2, -0.15) is 0 Å². The Labute approximate surface area is 389 Å². The van der Waals surface area contributed by atoms with Crippen molar-refractivity contribution in [2.45, 2.75) is 119 Å². The molecule has 0 aliphatic carbocycles. The smallest absolute Gasteiger partial charge is 0.223 e. The lowest BCUT2D eigenvalue weighted by molar-refractivity contribution is -0.128. The molecule has 2 aromatic carbocycles. The van der Waals surface area contributed by atoms with Gasteiger partial charge in [0, 0.05) is 81.5 Å². The minimum Gasteiger partial charge on any atom is -0.494 e. The summed E-state index contributed by atoms with van der Waals surface area (Å²) in [4.78, 5) is 67.4. The standard InChI is InChI=1S/C20H28N2O3.C15H18ClNO3.C6H11NO.C4H7NO.3CH4.ClH/c1-16-5-2-11-21(16)13-4-14-25-18-9-7-17(8-10-18)19(23)15-22-12-3-6-20(22)24;16-8-2-10-20-13-6-4-12(5-7-13)14(18)11-17-9-1-3-15(17)19;1-2-8-6-4-3-5-7-6;6-4-2-1-3-5-4;;;;/h7-10,16H,2-6,11-15H2,1H3;4-7H,1-3,8-11H2;2-5H2,1H3;1-3H2,(H,5,6);3*1H4;1H/t16-;;;;;;;/m1......./s1. The van der Waals surface area contributed by atoms with Crippen LogP contribution in [-0.4, -0.2) is 134 Å². The van der Waals surface area contributed by atoms with E-state index in [4.69, 9.17) is 25.8 Å². The number of alkyl halides is 1. The molecular weight excluding hydrogens is 845 g/mol. The highest BCUT2D eigenvalue weighted by atomic mass is 35.5. The maximum Gasteiger partial charge on any atom is 0.223 e. The van der Waals surface area contributed by atoms with Gasteiger partial charge in [0.1, 0.15) is 11.5 Å². The second kappa shape index (κ2) is 33.3. The molecule has 0 saturated carbocycles. The van der Waals surface area contributed by atoms with Gasteiger partial charge in [-0.3, -0.25) is 29.0 Å². The zero-order valence-corrected chi connectivity index (χ0v) is 37.1. The van der Waals surface area contributed by atoms with E-state index in [9.17, 15) is 24.0 Å². The number of carbonyl (C=O) groups is 5. The Kier molecular flexibility index (Phi) is 31.1. The summed E-state index contributed by atoms with van der Waals surface area (Å²) in [6.07, 6.45) is 11.2. The van der Waals surface area contributed by atoms with Crippen LogP contribution in [-0.2, 0) is 19.1 Å². The van der Waals surface area contributed by atoms with Gasteiger partial charge in [-0.05, 0) is 120 Å². The molecule has 5 aliphatic heterocycles. The molecule has 1 N–H and O–H groups in total. The van der Waals surface area contributed by atoms with Gasteiger partial charge in [-0.25, -0.2) is 0 Å². The minimum absolute atomic E-state index is 0. The van der Waals surface area contributed by atoms with Crippen molar-refractivity contribution >= 4 is 59.2 Å². The third-order valence-electron chi connectivity index (χ3n) is 10.5. The number of likely N-dealkylation sites (tertiary alicyclic amines) is 3. The first-order valence-corrected chi connectivity index (χ1v) is 22.0. The molecule has 2 aromatic rings. The predicted molar refractivity (Wildman–Crippen MR) is 257 cm³/mol. The maximum atomic E-state index is 12.3. The van der Waals surface area contributed by atoms with Gasteiger partial charge in [-0.1, -0.05) is 22.3 Å². The number of ketones is 2. The van der Waals surface area contributed by atoms with Crippen molar-refractivity contribution < 1.29 is 38.2 Å². The Morgan fingerprint density at radius 2 is 1.25 bits per heavy atom. The van der Waals surface area contributed by atoms with Gasteiger partial charge in [0.2, 0.25) is 17.7 Å². The number of nitrogens with zero attached hydrogens (tertiary/aromatic N) is 4. The number of carbonyl (C=O) groups excluding carboxylic acids is 5. The van der Waals surface area contributed by atoms with E-state index < -0.39 is 0 Å². The number of amides is 3. The highest BCUT2D eigenvalue weighted by molar-refractivity contribution is 6.17. The summed E-state index contributed by atoms with van der Waals surface area (Å²) >= 11 is 5.57. The number of halogens is 2. The Bertz CT molecular complexity index is 1650. The van der Waals surface area contributed by atoms with E-state index in [1.807, 2.05) is 19.1 Å². The van der Waals surface area contributed by atoms with Gasteiger partial charge >= 0.3 is 0 Å². The Morgan fingerprint density at radius 1 is 0.714 bits per heavy atom. The number of rotatable bonds is 16. The number of nitrogens with one attached hydrogen (secondary N) is 1. The molecule has 0 unspecified atom stereocenters. The SMILES string of the molecule is C.C.C.CCOC1=NCCC1.C[C@@H]1CCCN1CCCOc1ccc(C(=O)CN2CCCC2=O)cc1.Cl.O=C(CN1CCCC1=O)c1ccc(OCCCCl)cc1.O=C1CCCN1. The fourth-order valence-corrected chi connectivity index (χ4v) is 7.24. The van der Waals surface area contributed by atoms with E-state index in [0.29, 0.717) is 62.2 Å². The number of aliphatic imine (C=N–C) groups is 1. The molecule has 0 bridgehead atoms. The molecule has 4 saturated heterocycles. The van der Waals surface area contributed by atoms with Gasteiger partial charge in [0.05, 0.1) is 32.9 Å². The van der Waals surface area contributed by atoms with Gasteiger partial charge in [-0.15, -0.1) is 24.0 Å². The predicted octanol–water partition coefficient (Wildman–Crippen LogP) is 8.69. The van der Waals surface area contributed by atoms with Crippen LogP contribution in [0, 0.1) is 0 Å². The molecule has 5 aliphatic rings. The van der Waals surface area contributed by atoms with Crippen molar-refractivity contribution in [1.29, 1.82) is 0 Å². The molecule has 7 rings (SSSR count). The lowest BCUT2D eigenvalue weighted by Gasteiger charge is -2.20. The number of Topliss-reactive ketones (excluding diaryl/α,β-unsaturated/α-hetero) is 2. The number of hydrogen-bond acceptors (Lipinski definition) is 10. The van der Waals surface area contributed by atoms with Crippen molar-refractivity contribution in [2.75, 3.05) is 78.1 Å². The molecule has 0 radical (unpaired) electrons. The van der Waals surface area contributed by atoms with Crippen molar-refractivity contribution in [3.05, 3.63) is 59.7 Å². The van der Waals surface area contributed by atoms with E-state index >= 15 is 0 Å². The number of hydrogen-bond donors (Lipinski definition) is 1. The third kappa shape index (κ3) is 21.8. The van der Waals surface area contributed by atoms with Crippen LogP contribution in [0.25, 0.3) is 0 Å². The molecule has 3 amide bonds. The molecule has 5 heterocycles. The van der Waals surface area contributed by atoms with Crippen LogP contribution >= 0.6 is 24.0 Å². The highest BCUT2D eigenvalue weighted by Crippen LogP contribution is 2.19. The average Bonchev–Trinajstić information content (AvgIpc) is 4.12. The van der Waals surface area contributed by atoms with Crippen LogP contribution in [0.5, 0.6) is 11.5 Å². The second-order valence-electron chi connectivity index (χ2n) is 15.1. The first-order chi connectivity index (χ1) is 28.7. The average molecular weight is 923 g/mol. The zero-order chi connectivity index (χ0) is 42.2.